The fourth-order valence-electron chi connectivity index (χ4n) is 2.34. The van der Waals surface area contributed by atoms with Crippen molar-refractivity contribution >= 4 is 22.9 Å². The molecular formula is C16H15N3O4. The summed E-state index contributed by atoms with van der Waals surface area (Å²) in [5.41, 5.74) is 0.631. The van der Waals surface area contributed by atoms with E-state index in [1.54, 1.807) is 6.07 Å². The van der Waals surface area contributed by atoms with Crippen molar-refractivity contribution in [2.45, 2.75) is 19.8 Å². The summed E-state index contributed by atoms with van der Waals surface area (Å²) in [6.45, 7) is 2.46. The van der Waals surface area contributed by atoms with Gasteiger partial charge in [-0.1, -0.05) is 17.2 Å². The van der Waals surface area contributed by atoms with Gasteiger partial charge in [-0.25, -0.2) is 0 Å². The summed E-state index contributed by atoms with van der Waals surface area (Å²) in [6, 6.07) is 7.53. The lowest BCUT2D eigenvalue weighted by Gasteiger charge is -2.01. The molecule has 0 bridgehead atoms. The van der Waals surface area contributed by atoms with Crippen molar-refractivity contribution in [3.63, 3.8) is 0 Å². The highest BCUT2D eigenvalue weighted by atomic mass is 16.5. The molecule has 118 valence electrons. The van der Waals surface area contributed by atoms with E-state index in [1.807, 2.05) is 25.1 Å². The Balaban J connectivity index is 1.62. The van der Waals surface area contributed by atoms with Crippen LogP contribution in [-0.2, 0) is 4.79 Å². The maximum atomic E-state index is 11.7. The third-order valence-corrected chi connectivity index (χ3v) is 3.62. The van der Waals surface area contributed by atoms with Crippen LogP contribution in [0.25, 0.3) is 22.6 Å². The Morgan fingerprint density at radius 2 is 2.22 bits per heavy atom. The molecule has 2 heterocycles. The molecule has 0 atom stereocenters. The van der Waals surface area contributed by atoms with E-state index in [1.165, 1.54) is 0 Å². The Hall–Kier alpha value is -2.83. The smallest absolute Gasteiger partial charge is 0.322 e. The predicted molar refractivity (Wildman–Crippen MR) is 82.0 cm³/mol. The number of ether oxygens (including phenoxy) is 1. The number of fused-ring (bicyclic) bond motifs is 1. The number of nitrogens with zero attached hydrogens (tertiary/aromatic N) is 2. The van der Waals surface area contributed by atoms with Gasteiger partial charge in [0.2, 0.25) is 5.91 Å². The van der Waals surface area contributed by atoms with Gasteiger partial charge in [0.05, 0.1) is 6.61 Å². The van der Waals surface area contributed by atoms with Crippen LogP contribution in [0.1, 0.15) is 19.8 Å². The molecule has 2 aromatic heterocycles. The maximum absolute atomic E-state index is 11.7. The summed E-state index contributed by atoms with van der Waals surface area (Å²) in [7, 11) is 0. The number of hydrogen-bond donors (Lipinski definition) is 1. The van der Waals surface area contributed by atoms with Crippen LogP contribution in [0.2, 0.25) is 0 Å². The zero-order chi connectivity index (χ0) is 15.8. The maximum Gasteiger partial charge on any atom is 0.322 e. The van der Waals surface area contributed by atoms with Gasteiger partial charge < -0.3 is 13.6 Å². The van der Waals surface area contributed by atoms with Gasteiger partial charge >= 0.3 is 6.01 Å². The van der Waals surface area contributed by atoms with Crippen molar-refractivity contribution in [3.8, 4) is 17.4 Å². The van der Waals surface area contributed by atoms with Gasteiger partial charge in [-0.3, -0.25) is 10.1 Å². The molecule has 1 amide bonds. The number of furan rings is 1. The Morgan fingerprint density at radius 3 is 3.00 bits per heavy atom. The Bertz CT molecular complexity index is 863. The van der Waals surface area contributed by atoms with Crippen molar-refractivity contribution in [1.29, 1.82) is 0 Å². The molecule has 1 saturated carbocycles. The van der Waals surface area contributed by atoms with Crippen LogP contribution in [0.4, 0.5) is 6.01 Å². The lowest BCUT2D eigenvalue weighted by Crippen LogP contribution is -2.13. The van der Waals surface area contributed by atoms with Crippen LogP contribution in [-0.4, -0.2) is 22.7 Å². The van der Waals surface area contributed by atoms with Crippen molar-refractivity contribution in [2.75, 3.05) is 11.9 Å². The number of rotatable bonds is 5. The molecule has 0 radical (unpaired) electrons. The van der Waals surface area contributed by atoms with Crippen LogP contribution in [0.15, 0.2) is 33.1 Å². The molecular weight excluding hydrogens is 298 g/mol. The minimum atomic E-state index is -0.0801. The number of aromatic nitrogens is 2. The van der Waals surface area contributed by atoms with Crippen molar-refractivity contribution in [2.24, 2.45) is 5.92 Å². The zero-order valence-electron chi connectivity index (χ0n) is 12.5. The molecule has 1 aliphatic carbocycles. The summed E-state index contributed by atoms with van der Waals surface area (Å²) in [5.74, 6) is 1.31. The molecule has 1 fully saturated rings. The number of anilines is 1. The minimum Gasteiger partial charge on any atom is -0.490 e. The lowest BCUT2D eigenvalue weighted by atomic mass is 10.2. The largest absolute Gasteiger partial charge is 0.490 e. The lowest BCUT2D eigenvalue weighted by molar-refractivity contribution is -0.117. The molecule has 0 spiro atoms. The van der Waals surface area contributed by atoms with Gasteiger partial charge in [-0.05, 0) is 31.9 Å². The standard InChI is InChI=1S/C16H15N3O4/c1-2-21-11-5-3-4-10-8-12(22-13(10)11)15-18-19-16(23-15)17-14(20)9-6-7-9/h3-5,8-9H,2,6-7H2,1H3,(H,17,19,20). The predicted octanol–water partition coefficient (Wildman–Crippen LogP) is 3.23. The molecule has 1 aliphatic rings. The van der Waals surface area contributed by atoms with E-state index in [-0.39, 0.29) is 23.7 Å². The van der Waals surface area contributed by atoms with E-state index in [4.69, 9.17) is 13.6 Å². The first-order valence-corrected chi connectivity index (χ1v) is 7.54. The van der Waals surface area contributed by atoms with E-state index in [2.05, 4.69) is 15.5 Å². The molecule has 1 aromatic carbocycles. The summed E-state index contributed by atoms with van der Waals surface area (Å²) in [4.78, 5) is 11.7. The quantitative estimate of drug-likeness (QED) is 0.777. The van der Waals surface area contributed by atoms with Crippen LogP contribution >= 0.6 is 0 Å². The van der Waals surface area contributed by atoms with E-state index < -0.39 is 0 Å². The van der Waals surface area contributed by atoms with Gasteiger partial charge in [0.15, 0.2) is 17.1 Å². The van der Waals surface area contributed by atoms with Crippen LogP contribution < -0.4 is 10.1 Å². The number of amides is 1. The van der Waals surface area contributed by atoms with Crippen LogP contribution in [0.5, 0.6) is 5.75 Å². The Morgan fingerprint density at radius 1 is 1.35 bits per heavy atom. The van der Waals surface area contributed by atoms with Crippen molar-refractivity contribution in [3.05, 3.63) is 24.3 Å². The van der Waals surface area contributed by atoms with Gasteiger partial charge in [0.1, 0.15) is 0 Å². The summed E-state index contributed by atoms with van der Waals surface area (Å²) in [5, 5.41) is 11.3. The average Bonchev–Trinajstić information content (AvgIpc) is 3.14. The van der Waals surface area contributed by atoms with E-state index in [0.717, 1.165) is 18.2 Å². The summed E-state index contributed by atoms with van der Waals surface area (Å²) in [6.07, 6.45) is 1.83. The van der Waals surface area contributed by atoms with Gasteiger partial charge in [-0.15, -0.1) is 5.10 Å². The third kappa shape index (κ3) is 2.65. The second-order valence-corrected chi connectivity index (χ2v) is 5.39. The second kappa shape index (κ2) is 5.42. The molecule has 0 unspecified atom stereocenters. The van der Waals surface area contributed by atoms with Crippen molar-refractivity contribution in [1.82, 2.24) is 10.2 Å². The number of carbonyl (C=O) groups excluding carboxylic acids is 1. The molecule has 23 heavy (non-hydrogen) atoms. The summed E-state index contributed by atoms with van der Waals surface area (Å²) >= 11 is 0. The average molecular weight is 313 g/mol. The Labute approximate surface area is 131 Å². The minimum absolute atomic E-state index is 0.0744. The normalized spacial score (nSPS) is 14.1. The fraction of sp³-hybridized carbons (Fsp3) is 0.312. The molecule has 0 saturated heterocycles. The van der Waals surface area contributed by atoms with E-state index >= 15 is 0 Å². The monoisotopic (exact) mass is 313 g/mol. The third-order valence-electron chi connectivity index (χ3n) is 3.62. The first-order valence-electron chi connectivity index (χ1n) is 7.54. The fourth-order valence-corrected chi connectivity index (χ4v) is 2.34. The molecule has 4 rings (SSSR count). The van der Waals surface area contributed by atoms with Crippen molar-refractivity contribution < 1.29 is 18.4 Å². The van der Waals surface area contributed by atoms with E-state index in [0.29, 0.717) is 23.7 Å². The first kappa shape index (κ1) is 13.8. The van der Waals surface area contributed by atoms with Gasteiger partial charge in [0, 0.05) is 11.3 Å². The summed E-state index contributed by atoms with van der Waals surface area (Å²) < 4.78 is 16.8. The number of carbonyl (C=O) groups is 1. The first-order chi connectivity index (χ1) is 11.2. The SMILES string of the molecule is CCOc1cccc2cc(-c3nnc(NC(=O)C4CC4)o3)oc12. The zero-order valence-corrected chi connectivity index (χ0v) is 12.5. The molecule has 7 heteroatoms. The highest BCUT2D eigenvalue weighted by molar-refractivity contribution is 5.92. The number of para-hydroxylation sites is 1. The van der Waals surface area contributed by atoms with E-state index in [9.17, 15) is 4.79 Å². The molecule has 0 aliphatic heterocycles. The highest BCUT2D eigenvalue weighted by Gasteiger charge is 2.30. The number of benzene rings is 1. The second-order valence-electron chi connectivity index (χ2n) is 5.39. The highest BCUT2D eigenvalue weighted by Crippen LogP contribution is 2.34. The number of nitrogens with one attached hydrogen (secondary N) is 1. The van der Waals surface area contributed by atoms with Crippen LogP contribution in [0, 0.1) is 5.92 Å². The topological polar surface area (TPSA) is 90.4 Å². The van der Waals surface area contributed by atoms with Gasteiger partial charge in [-0.2, -0.15) is 0 Å². The van der Waals surface area contributed by atoms with Crippen LogP contribution in [0.3, 0.4) is 0 Å². The van der Waals surface area contributed by atoms with Gasteiger partial charge in [0.25, 0.3) is 5.89 Å². The Kier molecular flexibility index (Phi) is 3.25. The molecule has 3 aromatic rings. The molecule has 1 N–H and O–H groups in total. The number of hydrogen-bond acceptors (Lipinski definition) is 6. The molecule has 7 nitrogen and oxygen atoms in total.